The Bertz CT molecular complexity index is 612. The van der Waals surface area contributed by atoms with Crippen molar-refractivity contribution >= 4 is 5.69 Å². The van der Waals surface area contributed by atoms with Crippen LogP contribution in [0.5, 0.6) is 5.75 Å². The zero-order valence-electron chi connectivity index (χ0n) is 12.3. The van der Waals surface area contributed by atoms with Crippen LogP contribution in [0, 0.1) is 0 Å². The van der Waals surface area contributed by atoms with Crippen molar-refractivity contribution in [2.24, 2.45) is 0 Å². The summed E-state index contributed by atoms with van der Waals surface area (Å²) in [5.41, 5.74) is 3.47. The number of fused-ring (bicyclic) bond motifs is 1. The number of aliphatic hydroxyl groups excluding tert-OH is 1. The quantitative estimate of drug-likeness (QED) is 0.915. The maximum absolute atomic E-state index is 10.6. The number of β-amino-alcohol motifs (C(OH)–C–C–N with tert-alkyl or cyclic N) is 1. The van der Waals surface area contributed by atoms with Crippen molar-refractivity contribution in [1.82, 2.24) is 0 Å². The highest BCUT2D eigenvalue weighted by Gasteiger charge is 2.22. The van der Waals surface area contributed by atoms with E-state index in [1.54, 1.807) is 0 Å². The van der Waals surface area contributed by atoms with Gasteiger partial charge in [-0.25, -0.2) is 0 Å². The molecule has 0 fully saturated rings. The van der Waals surface area contributed by atoms with Crippen LogP contribution in [-0.2, 0) is 6.42 Å². The monoisotopic (exact) mass is 283 g/mol. The highest BCUT2D eigenvalue weighted by molar-refractivity contribution is 5.58. The van der Waals surface area contributed by atoms with Crippen LogP contribution in [0.2, 0.25) is 0 Å². The van der Waals surface area contributed by atoms with E-state index in [2.05, 4.69) is 29.2 Å². The second kappa shape index (κ2) is 6.19. The van der Waals surface area contributed by atoms with E-state index < -0.39 is 6.10 Å². The summed E-state index contributed by atoms with van der Waals surface area (Å²) in [6, 6.07) is 16.2. The predicted molar refractivity (Wildman–Crippen MR) is 84.9 cm³/mol. The summed E-state index contributed by atoms with van der Waals surface area (Å²) in [5, 5.41) is 10.6. The minimum atomic E-state index is -0.543. The van der Waals surface area contributed by atoms with Gasteiger partial charge >= 0.3 is 0 Å². The molecule has 0 saturated carbocycles. The Labute approximate surface area is 125 Å². The average molecular weight is 283 g/mol. The third-order valence-electron chi connectivity index (χ3n) is 3.95. The number of ether oxygens (including phenoxy) is 1. The number of rotatable bonds is 5. The van der Waals surface area contributed by atoms with E-state index >= 15 is 0 Å². The Balaban J connectivity index is 1.77. The van der Waals surface area contributed by atoms with Crippen LogP contribution in [0.15, 0.2) is 48.5 Å². The van der Waals surface area contributed by atoms with E-state index in [1.165, 1.54) is 11.3 Å². The first-order valence-electron chi connectivity index (χ1n) is 7.52. The fourth-order valence-electron chi connectivity index (χ4n) is 2.95. The molecule has 0 aromatic heterocycles. The molecule has 1 N–H and O–H groups in total. The number of aliphatic hydroxyl groups is 1. The Hall–Kier alpha value is -2.00. The van der Waals surface area contributed by atoms with Crippen molar-refractivity contribution in [1.29, 1.82) is 0 Å². The van der Waals surface area contributed by atoms with Crippen molar-refractivity contribution in [2.75, 3.05) is 24.6 Å². The molecule has 3 heteroatoms. The lowest BCUT2D eigenvalue weighted by Gasteiger charge is -2.24. The minimum absolute atomic E-state index is 0.543. The summed E-state index contributed by atoms with van der Waals surface area (Å²) in [4.78, 5) is 2.25. The molecule has 0 radical (unpaired) electrons. The van der Waals surface area contributed by atoms with Gasteiger partial charge in [0.15, 0.2) is 0 Å². The first-order chi connectivity index (χ1) is 10.3. The number of hydrogen-bond donors (Lipinski definition) is 1. The van der Waals surface area contributed by atoms with Crippen LogP contribution in [0.25, 0.3) is 0 Å². The summed E-state index contributed by atoms with van der Waals surface area (Å²) >= 11 is 0. The molecule has 1 aliphatic heterocycles. The Kier molecular flexibility index (Phi) is 4.11. The zero-order chi connectivity index (χ0) is 14.7. The molecule has 0 saturated heterocycles. The average Bonchev–Trinajstić information content (AvgIpc) is 2.91. The zero-order valence-corrected chi connectivity index (χ0v) is 12.3. The van der Waals surface area contributed by atoms with Gasteiger partial charge in [0.1, 0.15) is 11.9 Å². The molecule has 1 atom stereocenters. The smallest absolute Gasteiger partial charge is 0.125 e. The summed E-state index contributed by atoms with van der Waals surface area (Å²) < 4.78 is 5.61. The van der Waals surface area contributed by atoms with Crippen molar-refractivity contribution in [2.45, 2.75) is 19.4 Å². The van der Waals surface area contributed by atoms with E-state index in [9.17, 15) is 5.11 Å². The SMILES string of the molecule is CCOc1ccccc1C(O)CN1CCc2ccccc21. The van der Waals surface area contributed by atoms with Crippen molar-refractivity contribution in [3.05, 3.63) is 59.7 Å². The van der Waals surface area contributed by atoms with Gasteiger partial charge in [0, 0.05) is 24.3 Å². The molecule has 0 bridgehead atoms. The largest absolute Gasteiger partial charge is 0.493 e. The van der Waals surface area contributed by atoms with Crippen molar-refractivity contribution in [3.63, 3.8) is 0 Å². The van der Waals surface area contributed by atoms with Crippen LogP contribution < -0.4 is 9.64 Å². The van der Waals surface area contributed by atoms with Gasteiger partial charge in [-0.15, -0.1) is 0 Å². The maximum atomic E-state index is 10.6. The predicted octanol–water partition coefficient (Wildman–Crippen LogP) is 3.18. The lowest BCUT2D eigenvalue weighted by molar-refractivity contribution is 0.177. The lowest BCUT2D eigenvalue weighted by atomic mass is 10.1. The number of nitrogens with zero attached hydrogens (tertiary/aromatic N) is 1. The second-order valence-corrected chi connectivity index (χ2v) is 5.31. The normalized spacial score (nSPS) is 14.9. The molecule has 110 valence electrons. The molecule has 0 amide bonds. The molecule has 3 rings (SSSR count). The van der Waals surface area contributed by atoms with E-state index in [0.29, 0.717) is 13.2 Å². The fourth-order valence-corrected chi connectivity index (χ4v) is 2.95. The van der Waals surface area contributed by atoms with Crippen LogP contribution in [-0.4, -0.2) is 24.8 Å². The molecule has 2 aromatic rings. The fraction of sp³-hybridized carbons (Fsp3) is 0.333. The van der Waals surface area contributed by atoms with Gasteiger partial charge in [-0.1, -0.05) is 36.4 Å². The number of hydrogen-bond acceptors (Lipinski definition) is 3. The van der Waals surface area contributed by atoms with Crippen LogP contribution in [0.4, 0.5) is 5.69 Å². The van der Waals surface area contributed by atoms with Gasteiger partial charge in [-0.05, 0) is 31.0 Å². The Morgan fingerprint density at radius 1 is 1.14 bits per heavy atom. The topological polar surface area (TPSA) is 32.7 Å². The molecule has 1 aliphatic rings. The standard InChI is InChI=1S/C18H21NO2/c1-2-21-18-10-6-4-8-15(18)17(20)13-19-12-11-14-7-3-5-9-16(14)19/h3-10,17,20H,2,11-13H2,1H3. The molecule has 21 heavy (non-hydrogen) atoms. The molecular formula is C18H21NO2. The number of para-hydroxylation sites is 2. The van der Waals surface area contributed by atoms with Gasteiger partial charge in [-0.3, -0.25) is 0 Å². The summed E-state index contributed by atoms with van der Waals surface area (Å²) in [6.07, 6.45) is 0.509. The molecule has 0 spiro atoms. The van der Waals surface area contributed by atoms with Gasteiger partial charge in [0.25, 0.3) is 0 Å². The van der Waals surface area contributed by atoms with E-state index in [1.807, 2.05) is 31.2 Å². The van der Waals surface area contributed by atoms with E-state index in [-0.39, 0.29) is 0 Å². The molecule has 0 aliphatic carbocycles. The lowest BCUT2D eigenvalue weighted by Crippen LogP contribution is -2.26. The minimum Gasteiger partial charge on any atom is -0.493 e. The van der Waals surface area contributed by atoms with E-state index in [0.717, 1.165) is 24.3 Å². The highest BCUT2D eigenvalue weighted by atomic mass is 16.5. The Morgan fingerprint density at radius 3 is 2.76 bits per heavy atom. The maximum Gasteiger partial charge on any atom is 0.125 e. The van der Waals surface area contributed by atoms with Crippen LogP contribution in [0.1, 0.15) is 24.2 Å². The molecular weight excluding hydrogens is 262 g/mol. The van der Waals surface area contributed by atoms with Gasteiger partial charge in [-0.2, -0.15) is 0 Å². The van der Waals surface area contributed by atoms with Crippen molar-refractivity contribution in [3.8, 4) is 5.75 Å². The summed E-state index contributed by atoms with van der Waals surface area (Å²) in [7, 11) is 0. The third kappa shape index (κ3) is 2.88. The molecule has 2 aromatic carbocycles. The first kappa shape index (κ1) is 14.0. The van der Waals surface area contributed by atoms with Crippen molar-refractivity contribution < 1.29 is 9.84 Å². The summed E-state index contributed by atoms with van der Waals surface area (Å²) in [5.74, 6) is 0.778. The van der Waals surface area contributed by atoms with Crippen LogP contribution in [0.3, 0.4) is 0 Å². The molecule has 3 nitrogen and oxygen atoms in total. The van der Waals surface area contributed by atoms with Gasteiger partial charge in [0.2, 0.25) is 0 Å². The Morgan fingerprint density at radius 2 is 1.90 bits per heavy atom. The highest BCUT2D eigenvalue weighted by Crippen LogP contribution is 2.31. The first-order valence-corrected chi connectivity index (χ1v) is 7.52. The van der Waals surface area contributed by atoms with Gasteiger partial charge < -0.3 is 14.7 Å². The van der Waals surface area contributed by atoms with Gasteiger partial charge in [0.05, 0.1) is 6.61 Å². The number of benzene rings is 2. The van der Waals surface area contributed by atoms with Crippen LogP contribution >= 0.6 is 0 Å². The molecule has 1 heterocycles. The molecule has 1 unspecified atom stereocenters. The second-order valence-electron chi connectivity index (χ2n) is 5.31. The third-order valence-corrected chi connectivity index (χ3v) is 3.95. The van der Waals surface area contributed by atoms with E-state index in [4.69, 9.17) is 4.74 Å². The number of anilines is 1. The summed E-state index contributed by atoms with van der Waals surface area (Å²) in [6.45, 7) is 4.13.